The van der Waals surface area contributed by atoms with Gasteiger partial charge in [-0.05, 0) is 48.7 Å². The zero-order chi connectivity index (χ0) is 18.3. The number of carbonyl (C=O) groups is 1. The Morgan fingerprint density at radius 2 is 1.64 bits per heavy atom. The maximum absolute atomic E-state index is 12.2. The molecule has 0 spiro atoms. The first kappa shape index (κ1) is 19.4. The van der Waals surface area contributed by atoms with Crippen molar-refractivity contribution in [2.45, 2.75) is 31.2 Å². The molecule has 2 aromatic carbocycles. The van der Waals surface area contributed by atoms with Crippen molar-refractivity contribution in [3.63, 3.8) is 0 Å². The molecule has 0 aliphatic heterocycles. The van der Waals surface area contributed by atoms with Gasteiger partial charge in [-0.15, -0.1) is 0 Å². The van der Waals surface area contributed by atoms with Gasteiger partial charge in [0, 0.05) is 18.0 Å². The highest BCUT2D eigenvalue weighted by Crippen LogP contribution is 2.14. The molecule has 0 bridgehead atoms. The lowest BCUT2D eigenvalue weighted by atomic mass is 10.1. The topological polar surface area (TPSA) is 72.5 Å². The zero-order valence-corrected chi connectivity index (χ0v) is 15.4. The van der Waals surface area contributed by atoms with E-state index < -0.39 is 10.0 Å². The monoisotopic (exact) mass is 381 g/mol. The van der Waals surface area contributed by atoms with Crippen LogP contribution in [0.2, 0.25) is 5.02 Å². The molecule has 0 saturated carbocycles. The first-order valence-electron chi connectivity index (χ1n) is 7.89. The lowest BCUT2D eigenvalue weighted by Crippen LogP contribution is -2.23. The van der Waals surface area contributed by atoms with Crippen molar-refractivity contribution in [1.82, 2.24) is 4.72 Å². The number of sulfonamides is 1. The molecule has 134 valence electrons. The third kappa shape index (κ3) is 6.16. The Labute approximate surface area is 153 Å². The Morgan fingerprint density at radius 1 is 1.04 bits per heavy atom. The van der Waals surface area contributed by atoms with Crippen molar-refractivity contribution in [3.8, 4) is 0 Å². The van der Waals surface area contributed by atoms with Gasteiger partial charge in [-0.3, -0.25) is 4.79 Å². The van der Waals surface area contributed by atoms with Crippen LogP contribution < -0.4 is 4.72 Å². The van der Waals surface area contributed by atoms with Crippen LogP contribution in [0.4, 0.5) is 0 Å². The standard InChI is InChI=1S/C18H20ClNO4S/c1-2-24-18(21)12-7-14-3-5-15(6-4-14)13-20-25(22,23)17-10-8-16(19)9-11-17/h3-6,8-11,20H,2,7,12-13H2,1H3. The smallest absolute Gasteiger partial charge is 0.306 e. The van der Waals surface area contributed by atoms with Gasteiger partial charge >= 0.3 is 5.97 Å². The third-order valence-corrected chi connectivity index (χ3v) is 5.21. The number of ether oxygens (including phenoxy) is 1. The molecule has 0 saturated heterocycles. The predicted molar refractivity (Wildman–Crippen MR) is 96.9 cm³/mol. The maximum atomic E-state index is 12.2. The highest BCUT2D eigenvalue weighted by atomic mass is 35.5. The predicted octanol–water partition coefficient (Wildman–Crippen LogP) is 3.31. The van der Waals surface area contributed by atoms with E-state index in [9.17, 15) is 13.2 Å². The van der Waals surface area contributed by atoms with E-state index in [1.54, 1.807) is 6.92 Å². The Hall–Kier alpha value is -1.89. The van der Waals surface area contributed by atoms with E-state index in [2.05, 4.69) is 4.72 Å². The Bertz CT molecular complexity index is 802. The van der Waals surface area contributed by atoms with E-state index in [1.165, 1.54) is 24.3 Å². The zero-order valence-electron chi connectivity index (χ0n) is 13.9. The van der Waals surface area contributed by atoms with Crippen LogP contribution in [0.1, 0.15) is 24.5 Å². The lowest BCUT2D eigenvalue weighted by Gasteiger charge is -2.08. The van der Waals surface area contributed by atoms with Gasteiger partial charge in [0.15, 0.2) is 0 Å². The first-order valence-corrected chi connectivity index (χ1v) is 9.75. The fourth-order valence-corrected chi connectivity index (χ4v) is 3.32. The van der Waals surface area contributed by atoms with E-state index in [0.29, 0.717) is 24.5 Å². The molecule has 0 atom stereocenters. The molecule has 0 amide bonds. The second kappa shape index (κ2) is 8.99. The number of halogens is 1. The van der Waals surface area contributed by atoms with E-state index >= 15 is 0 Å². The van der Waals surface area contributed by atoms with Crippen LogP contribution in [0.25, 0.3) is 0 Å². The molecule has 0 heterocycles. The minimum atomic E-state index is -3.58. The highest BCUT2D eigenvalue weighted by molar-refractivity contribution is 7.89. The van der Waals surface area contributed by atoms with E-state index in [1.807, 2.05) is 24.3 Å². The summed E-state index contributed by atoms with van der Waals surface area (Å²) in [6.45, 7) is 2.34. The normalized spacial score (nSPS) is 11.3. The van der Waals surface area contributed by atoms with Crippen LogP contribution in [0.5, 0.6) is 0 Å². The Kier molecular flexibility index (Phi) is 6.99. The number of rotatable bonds is 8. The fourth-order valence-electron chi connectivity index (χ4n) is 2.18. The molecule has 0 fully saturated rings. The molecule has 5 nitrogen and oxygen atoms in total. The fraction of sp³-hybridized carbons (Fsp3) is 0.278. The highest BCUT2D eigenvalue weighted by Gasteiger charge is 2.13. The van der Waals surface area contributed by atoms with Crippen LogP contribution >= 0.6 is 11.6 Å². The molecule has 1 N–H and O–H groups in total. The van der Waals surface area contributed by atoms with Crippen molar-refractivity contribution in [1.29, 1.82) is 0 Å². The van der Waals surface area contributed by atoms with Gasteiger partial charge < -0.3 is 4.74 Å². The van der Waals surface area contributed by atoms with Gasteiger partial charge in [-0.2, -0.15) is 0 Å². The van der Waals surface area contributed by atoms with Crippen molar-refractivity contribution in [2.75, 3.05) is 6.61 Å². The van der Waals surface area contributed by atoms with Gasteiger partial charge in [0.05, 0.1) is 11.5 Å². The summed E-state index contributed by atoms with van der Waals surface area (Å²) in [7, 11) is -3.58. The number of benzene rings is 2. The Balaban J connectivity index is 1.90. The summed E-state index contributed by atoms with van der Waals surface area (Å²) in [5.74, 6) is -0.220. The second-order valence-corrected chi connectivity index (χ2v) is 7.60. The van der Waals surface area contributed by atoms with Crippen molar-refractivity contribution >= 4 is 27.6 Å². The molecule has 0 unspecified atom stereocenters. The van der Waals surface area contributed by atoms with Gasteiger partial charge in [0.2, 0.25) is 10.0 Å². The molecule has 0 aliphatic rings. The average Bonchev–Trinajstić information content (AvgIpc) is 2.60. The number of hydrogen-bond donors (Lipinski definition) is 1. The summed E-state index contributed by atoms with van der Waals surface area (Å²) in [5, 5.41) is 0.484. The van der Waals surface area contributed by atoms with Crippen LogP contribution in [-0.4, -0.2) is 21.0 Å². The SMILES string of the molecule is CCOC(=O)CCc1ccc(CNS(=O)(=O)c2ccc(Cl)cc2)cc1. The summed E-state index contributed by atoms with van der Waals surface area (Å²) < 4.78 is 31.9. The van der Waals surface area contributed by atoms with Crippen molar-refractivity contribution in [3.05, 3.63) is 64.7 Å². The molecule has 2 rings (SSSR count). The molecule has 2 aromatic rings. The van der Waals surface area contributed by atoms with Crippen molar-refractivity contribution in [2.24, 2.45) is 0 Å². The van der Waals surface area contributed by atoms with E-state index in [-0.39, 0.29) is 17.4 Å². The van der Waals surface area contributed by atoms with Gasteiger partial charge in [0.25, 0.3) is 0 Å². The summed E-state index contributed by atoms with van der Waals surface area (Å²) in [6, 6.07) is 13.4. The van der Waals surface area contributed by atoms with E-state index in [4.69, 9.17) is 16.3 Å². The Morgan fingerprint density at radius 3 is 2.24 bits per heavy atom. The summed E-state index contributed by atoms with van der Waals surface area (Å²) >= 11 is 5.77. The van der Waals surface area contributed by atoms with Crippen LogP contribution in [0, 0.1) is 0 Å². The van der Waals surface area contributed by atoms with Crippen molar-refractivity contribution < 1.29 is 17.9 Å². The molecule has 0 radical (unpaired) electrons. The van der Waals surface area contributed by atoms with E-state index in [0.717, 1.165) is 11.1 Å². The molecule has 0 aliphatic carbocycles. The number of hydrogen-bond acceptors (Lipinski definition) is 4. The summed E-state index contributed by atoms with van der Waals surface area (Å²) in [4.78, 5) is 11.5. The first-order chi connectivity index (χ1) is 11.9. The summed E-state index contributed by atoms with van der Waals surface area (Å²) in [5.41, 5.74) is 1.83. The molecular formula is C18H20ClNO4S. The third-order valence-electron chi connectivity index (χ3n) is 3.54. The largest absolute Gasteiger partial charge is 0.466 e. The second-order valence-electron chi connectivity index (χ2n) is 5.40. The minimum absolute atomic E-state index is 0.169. The number of nitrogens with one attached hydrogen (secondary N) is 1. The molecule has 0 aromatic heterocycles. The average molecular weight is 382 g/mol. The quantitative estimate of drug-likeness (QED) is 0.712. The van der Waals surface area contributed by atoms with Crippen LogP contribution in [0.3, 0.4) is 0 Å². The lowest BCUT2D eigenvalue weighted by molar-refractivity contribution is -0.143. The molecular weight excluding hydrogens is 362 g/mol. The van der Waals surface area contributed by atoms with Crippen LogP contribution in [-0.2, 0) is 32.5 Å². The van der Waals surface area contributed by atoms with Gasteiger partial charge in [0.1, 0.15) is 0 Å². The van der Waals surface area contributed by atoms with Gasteiger partial charge in [-0.25, -0.2) is 13.1 Å². The number of carbonyl (C=O) groups excluding carboxylic acids is 1. The van der Waals surface area contributed by atoms with Gasteiger partial charge in [-0.1, -0.05) is 35.9 Å². The molecule has 7 heteroatoms. The maximum Gasteiger partial charge on any atom is 0.306 e. The minimum Gasteiger partial charge on any atom is -0.466 e. The van der Waals surface area contributed by atoms with Crippen LogP contribution in [0.15, 0.2) is 53.4 Å². The molecule has 25 heavy (non-hydrogen) atoms. The number of aryl methyl sites for hydroxylation is 1. The summed E-state index contributed by atoms with van der Waals surface area (Å²) in [6.07, 6.45) is 0.923. The number of esters is 1.